The monoisotopic (exact) mass is 169 g/mol. The fourth-order valence-corrected chi connectivity index (χ4v) is 0.895. The van der Waals surface area contributed by atoms with Crippen molar-refractivity contribution in [1.82, 2.24) is 9.55 Å². The maximum atomic E-state index is 11.0. The molecule has 0 aliphatic carbocycles. The van der Waals surface area contributed by atoms with E-state index in [9.17, 15) is 4.79 Å². The van der Waals surface area contributed by atoms with Crippen LogP contribution in [0, 0.1) is 0 Å². The summed E-state index contributed by atoms with van der Waals surface area (Å²) in [7, 11) is 0. The van der Waals surface area contributed by atoms with Gasteiger partial charge in [-0.15, -0.1) is 0 Å². The Morgan fingerprint density at radius 2 is 2.50 bits per heavy atom. The van der Waals surface area contributed by atoms with Gasteiger partial charge in [0.2, 0.25) is 0 Å². The van der Waals surface area contributed by atoms with Gasteiger partial charge in [0.15, 0.2) is 0 Å². The minimum atomic E-state index is -0.603. The molecular weight excluding hydrogens is 158 g/mol. The third-order valence-electron chi connectivity index (χ3n) is 1.42. The molecule has 5 heteroatoms. The van der Waals surface area contributed by atoms with Crippen molar-refractivity contribution in [2.24, 2.45) is 0 Å². The third kappa shape index (κ3) is 1.82. The van der Waals surface area contributed by atoms with Crippen molar-refractivity contribution < 1.29 is 5.11 Å². The maximum absolute atomic E-state index is 11.0. The summed E-state index contributed by atoms with van der Waals surface area (Å²) in [6.45, 7) is 1.76. The van der Waals surface area contributed by atoms with Crippen molar-refractivity contribution in [3.8, 4) is 0 Å². The van der Waals surface area contributed by atoms with Crippen molar-refractivity contribution >= 4 is 5.82 Å². The van der Waals surface area contributed by atoms with E-state index in [4.69, 9.17) is 10.8 Å². The standard InChI is InChI=1S/C7H11N3O2/c1-5(11)4-10-6(8)2-3-9-7(10)12/h2-3,5,11H,4,8H2,1H3. The fraction of sp³-hybridized carbons (Fsp3) is 0.429. The van der Waals surface area contributed by atoms with Gasteiger partial charge in [-0.3, -0.25) is 4.57 Å². The van der Waals surface area contributed by atoms with Crippen LogP contribution < -0.4 is 11.4 Å². The molecule has 5 nitrogen and oxygen atoms in total. The normalized spacial score (nSPS) is 12.8. The van der Waals surface area contributed by atoms with Crippen LogP contribution in [0.2, 0.25) is 0 Å². The van der Waals surface area contributed by atoms with Crippen molar-refractivity contribution in [2.75, 3.05) is 5.73 Å². The van der Waals surface area contributed by atoms with Crippen LogP contribution in [-0.2, 0) is 6.54 Å². The SMILES string of the molecule is CC(O)Cn1c(N)ccnc1=O. The number of nitrogens with two attached hydrogens (primary N) is 1. The fourth-order valence-electron chi connectivity index (χ4n) is 0.895. The molecule has 3 N–H and O–H groups in total. The van der Waals surface area contributed by atoms with Crippen LogP contribution in [0.15, 0.2) is 17.1 Å². The summed E-state index contributed by atoms with van der Waals surface area (Å²) in [5.74, 6) is 0.316. The lowest BCUT2D eigenvalue weighted by molar-refractivity contribution is 0.172. The Balaban J connectivity index is 3.05. The quantitative estimate of drug-likeness (QED) is 0.607. The number of aromatic nitrogens is 2. The Morgan fingerprint density at radius 3 is 3.00 bits per heavy atom. The lowest BCUT2D eigenvalue weighted by Gasteiger charge is -2.09. The van der Waals surface area contributed by atoms with E-state index >= 15 is 0 Å². The van der Waals surface area contributed by atoms with Crippen LogP contribution in [0.25, 0.3) is 0 Å². The number of aliphatic hydroxyl groups is 1. The van der Waals surface area contributed by atoms with Crippen LogP contribution in [0.4, 0.5) is 5.82 Å². The molecule has 1 heterocycles. The zero-order valence-electron chi connectivity index (χ0n) is 6.77. The molecule has 0 aliphatic heterocycles. The smallest absolute Gasteiger partial charge is 0.349 e. The van der Waals surface area contributed by atoms with Gasteiger partial charge in [0.05, 0.1) is 12.6 Å². The first-order valence-corrected chi connectivity index (χ1v) is 3.60. The lowest BCUT2D eigenvalue weighted by atomic mass is 10.4. The first-order chi connectivity index (χ1) is 5.61. The maximum Gasteiger partial charge on any atom is 0.349 e. The predicted molar refractivity (Wildman–Crippen MR) is 44.6 cm³/mol. The zero-order chi connectivity index (χ0) is 9.14. The number of hydrogen-bond donors (Lipinski definition) is 2. The van der Waals surface area contributed by atoms with E-state index in [1.54, 1.807) is 6.92 Å². The summed E-state index contributed by atoms with van der Waals surface area (Å²) in [6.07, 6.45) is 0.741. The largest absolute Gasteiger partial charge is 0.392 e. The molecule has 0 bridgehead atoms. The number of hydrogen-bond acceptors (Lipinski definition) is 4. The molecule has 1 aromatic heterocycles. The minimum absolute atomic E-state index is 0.179. The number of nitrogen functional groups attached to an aromatic ring is 1. The van der Waals surface area contributed by atoms with Crippen LogP contribution >= 0.6 is 0 Å². The average molecular weight is 169 g/mol. The Bertz CT molecular complexity index is 319. The van der Waals surface area contributed by atoms with Crippen molar-refractivity contribution in [3.63, 3.8) is 0 Å². The molecule has 0 saturated carbocycles. The second-order valence-electron chi connectivity index (χ2n) is 2.61. The van der Waals surface area contributed by atoms with Gasteiger partial charge in [-0.25, -0.2) is 9.78 Å². The van der Waals surface area contributed by atoms with Gasteiger partial charge in [-0.2, -0.15) is 0 Å². The first-order valence-electron chi connectivity index (χ1n) is 3.60. The van der Waals surface area contributed by atoms with Crippen molar-refractivity contribution in [1.29, 1.82) is 0 Å². The number of anilines is 1. The molecule has 0 amide bonds. The molecule has 1 rings (SSSR count). The molecule has 0 fully saturated rings. The van der Waals surface area contributed by atoms with Gasteiger partial charge >= 0.3 is 5.69 Å². The summed E-state index contributed by atoms with van der Waals surface area (Å²) < 4.78 is 1.23. The van der Waals surface area contributed by atoms with Crippen molar-refractivity contribution in [2.45, 2.75) is 19.6 Å². The minimum Gasteiger partial charge on any atom is -0.392 e. The van der Waals surface area contributed by atoms with Crippen LogP contribution in [0.3, 0.4) is 0 Å². The zero-order valence-corrected chi connectivity index (χ0v) is 6.77. The Hall–Kier alpha value is -1.36. The molecule has 0 aromatic carbocycles. The van der Waals surface area contributed by atoms with E-state index in [1.807, 2.05) is 0 Å². The van der Waals surface area contributed by atoms with E-state index in [2.05, 4.69) is 4.98 Å². The summed E-state index contributed by atoms with van der Waals surface area (Å²) in [5, 5.41) is 9.01. The Labute approximate surface area is 69.5 Å². The van der Waals surface area contributed by atoms with Gasteiger partial charge < -0.3 is 10.8 Å². The first kappa shape index (κ1) is 8.73. The highest BCUT2D eigenvalue weighted by molar-refractivity contribution is 5.25. The molecule has 0 aliphatic rings. The van der Waals surface area contributed by atoms with Gasteiger partial charge in [-0.05, 0) is 13.0 Å². The third-order valence-corrected chi connectivity index (χ3v) is 1.42. The Morgan fingerprint density at radius 1 is 1.83 bits per heavy atom. The molecule has 1 aromatic rings. The predicted octanol–water partition coefficient (Wildman–Crippen LogP) is -0.794. The molecule has 66 valence electrons. The van der Waals surface area contributed by atoms with Crippen LogP contribution in [-0.4, -0.2) is 20.8 Å². The summed E-state index contributed by atoms with van der Waals surface area (Å²) in [4.78, 5) is 14.5. The van der Waals surface area contributed by atoms with Crippen LogP contribution in [0.5, 0.6) is 0 Å². The second kappa shape index (κ2) is 3.36. The van der Waals surface area contributed by atoms with E-state index in [1.165, 1.54) is 16.8 Å². The topological polar surface area (TPSA) is 81.1 Å². The van der Waals surface area contributed by atoms with Crippen LogP contribution in [0.1, 0.15) is 6.92 Å². The molecule has 1 atom stereocenters. The Kier molecular flexibility index (Phi) is 2.44. The van der Waals surface area contributed by atoms with E-state index in [0.717, 1.165) is 0 Å². The molecule has 0 saturated heterocycles. The molecule has 0 spiro atoms. The van der Waals surface area contributed by atoms with Gasteiger partial charge in [0.25, 0.3) is 0 Å². The highest BCUT2D eigenvalue weighted by Gasteiger charge is 2.03. The molecule has 12 heavy (non-hydrogen) atoms. The van der Waals surface area contributed by atoms with E-state index < -0.39 is 11.8 Å². The molecule has 1 unspecified atom stereocenters. The van der Waals surface area contributed by atoms with Gasteiger partial charge in [0.1, 0.15) is 5.82 Å². The summed E-state index contributed by atoms with van der Waals surface area (Å²) in [6, 6.07) is 1.52. The van der Waals surface area contributed by atoms with Gasteiger partial charge in [0, 0.05) is 6.20 Å². The highest BCUT2D eigenvalue weighted by Crippen LogP contribution is 1.96. The van der Waals surface area contributed by atoms with E-state index in [-0.39, 0.29) is 6.54 Å². The highest BCUT2D eigenvalue weighted by atomic mass is 16.3. The summed E-state index contributed by atoms with van der Waals surface area (Å²) in [5.41, 5.74) is 5.05. The number of nitrogens with zero attached hydrogens (tertiary/aromatic N) is 2. The average Bonchev–Trinajstić information content (AvgIpc) is 1.97. The summed E-state index contributed by atoms with van der Waals surface area (Å²) >= 11 is 0. The van der Waals surface area contributed by atoms with E-state index in [0.29, 0.717) is 5.82 Å². The lowest BCUT2D eigenvalue weighted by Crippen LogP contribution is -2.28. The van der Waals surface area contributed by atoms with Gasteiger partial charge in [-0.1, -0.05) is 0 Å². The second-order valence-corrected chi connectivity index (χ2v) is 2.61. The van der Waals surface area contributed by atoms with Crippen molar-refractivity contribution in [3.05, 3.63) is 22.7 Å². The molecule has 0 radical (unpaired) electrons. The number of rotatable bonds is 2. The number of aliphatic hydroxyl groups excluding tert-OH is 1. The molecular formula is C7H11N3O2.